The third-order valence-corrected chi connectivity index (χ3v) is 10.4. The van der Waals surface area contributed by atoms with Crippen LogP contribution in [0.5, 0.6) is 0 Å². The zero-order valence-corrected chi connectivity index (χ0v) is 23.7. The first-order chi connectivity index (χ1) is 19.8. The fourth-order valence-electron chi connectivity index (χ4n) is 6.38. The maximum absolute atomic E-state index is 2.37. The van der Waals surface area contributed by atoms with Crippen molar-refractivity contribution in [2.45, 2.75) is 12.8 Å². The number of hydrogen-bond donors (Lipinski definition) is 0. The van der Waals surface area contributed by atoms with Gasteiger partial charge >= 0.3 is 0 Å². The van der Waals surface area contributed by atoms with Gasteiger partial charge in [-0.05, 0) is 65.1 Å². The van der Waals surface area contributed by atoms with E-state index in [0.29, 0.717) is 0 Å². The SMILES string of the molecule is Cc1ccc2sc3cccc(C(c4ccccc4-c4ccccc4)c4cccc5sc6ccccc6c45)c3c2c1. The molecule has 0 spiro atoms. The predicted molar refractivity (Wildman–Crippen MR) is 176 cm³/mol. The van der Waals surface area contributed by atoms with E-state index < -0.39 is 0 Å². The van der Waals surface area contributed by atoms with Gasteiger partial charge in [-0.15, -0.1) is 22.7 Å². The van der Waals surface area contributed by atoms with Crippen LogP contribution in [0.25, 0.3) is 51.5 Å². The Kier molecular flexibility index (Phi) is 5.58. The molecular formula is C38H26S2. The van der Waals surface area contributed by atoms with Gasteiger partial charge in [-0.3, -0.25) is 0 Å². The standard InChI is InChI=1S/C38H26S2/c1-24-21-22-33-31(23-24)38-30(17-10-20-35(38)40-33)36(27-14-6-5-13-26(27)25-11-3-2-4-12-25)29-16-9-19-34-37(29)28-15-7-8-18-32(28)39-34/h2-23,36H,1H3. The fourth-order valence-corrected chi connectivity index (χ4v) is 8.64. The highest BCUT2D eigenvalue weighted by Crippen LogP contribution is 2.48. The Morgan fingerprint density at radius 3 is 1.80 bits per heavy atom. The van der Waals surface area contributed by atoms with E-state index in [1.54, 1.807) is 0 Å². The first-order valence-electron chi connectivity index (χ1n) is 13.7. The Labute approximate surface area is 241 Å². The molecule has 0 nitrogen and oxygen atoms in total. The maximum Gasteiger partial charge on any atom is 0.0359 e. The average Bonchev–Trinajstić information content (AvgIpc) is 3.57. The lowest BCUT2D eigenvalue weighted by atomic mass is 9.78. The molecule has 0 saturated heterocycles. The molecule has 1 atom stereocenters. The number of fused-ring (bicyclic) bond motifs is 6. The van der Waals surface area contributed by atoms with E-state index in [0.717, 1.165) is 0 Å². The second-order valence-electron chi connectivity index (χ2n) is 10.5. The highest BCUT2D eigenvalue weighted by atomic mass is 32.1. The number of hydrogen-bond acceptors (Lipinski definition) is 2. The molecule has 0 aliphatic heterocycles. The van der Waals surface area contributed by atoms with Gasteiger partial charge in [-0.25, -0.2) is 0 Å². The van der Waals surface area contributed by atoms with E-state index in [-0.39, 0.29) is 5.92 Å². The molecule has 190 valence electrons. The molecule has 8 rings (SSSR count). The highest BCUT2D eigenvalue weighted by molar-refractivity contribution is 7.26. The number of benzene rings is 6. The molecule has 2 heteroatoms. The summed E-state index contributed by atoms with van der Waals surface area (Å²) >= 11 is 3.80. The van der Waals surface area contributed by atoms with E-state index in [1.165, 1.54) is 73.7 Å². The Balaban J connectivity index is 1.53. The lowest BCUT2D eigenvalue weighted by Gasteiger charge is -2.24. The molecular weight excluding hydrogens is 521 g/mol. The van der Waals surface area contributed by atoms with Gasteiger partial charge in [0.2, 0.25) is 0 Å². The zero-order chi connectivity index (χ0) is 26.6. The summed E-state index contributed by atoms with van der Waals surface area (Å²) in [6.45, 7) is 2.20. The van der Waals surface area contributed by atoms with E-state index in [9.17, 15) is 0 Å². The quantitative estimate of drug-likeness (QED) is 0.193. The van der Waals surface area contributed by atoms with Gasteiger partial charge in [0.1, 0.15) is 0 Å². The van der Waals surface area contributed by atoms with E-state index in [2.05, 4.69) is 140 Å². The van der Waals surface area contributed by atoms with Crippen molar-refractivity contribution in [3.63, 3.8) is 0 Å². The monoisotopic (exact) mass is 546 g/mol. The van der Waals surface area contributed by atoms with Crippen LogP contribution >= 0.6 is 22.7 Å². The van der Waals surface area contributed by atoms with Crippen LogP contribution in [0.1, 0.15) is 28.2 Å². The van der Waals surface area contributed by atoms with E-state index >= 15 is 0 Å². The van der Waals surface area contributed by atoms with Gasteiger partial charge in [-0.1, -0.05) is 109 Å². The first-order valence-corrected chi connectivity index (χ1v) is 15.4. The fraction of sp³-hybridized carbons (Fsp3) is 0.0526. The summed E-state index contributed by atoms with van der Waals surface area (Å²) in [6.07, 6.45) is 0. The van der Waals surface area contributed by atoms with E-state index in [4.69, 9.17) is 0 Å². The molecule has 8 aromatic rings. The van der Waals surface area contributed by atoms with E-state index in [1.807, 2.05) is 22.7 Å². The van der Waals surface area contributed by atoms with Crippen LogP contribution in [0.3, 0.4) is 0 Å². The second-order valence-corrected chi connectivity index (χ2v) is 12.7. The summed E-state index contributed by atoms with van der Waals surface area (Å²) in [5.41, 5.74) is 7.93. The van der Waals surface area contributed by atoms with Crippen LogP contribution in [0.15, 0.2) is 133 Å². The number of rotatable bonds is 4. The predicted octanol–water partition coefficient (Wildman–Crippen LogP) is 11.6. The number of thiophene rings is 2. The van der Waals surface area contributed by atoms with Gasteiger partial charge in [0.25, 0.3) is 0 Å². The third kappa shape index (κ3) is 3.71. The van der Waals surface area contributed by atoms with Crippen molar-refractivity contribution in [3.05, 3.63) is 156 Å². The van der Waals surface area contributed by atoms with Crippen LogP contribution in [-0.4, -0.2) is 0 Å². The molecule has 1 unspecified atom stereocenters. The van der Waals surface area contributed by atoms with Gasteiger partial charge < -0.3 is 0 Å². The normalized spacial score (nSPS) is 12.5. The average molecular weight is 547 g/mol. The molecule has 0 aliphatic carbocycles. The first kappa shape index (κ1) is 23.6. The van der Waals surface area contributed by atoms with Gasteiger partial charge in [0.15, 0.2) is 0 Å². The van der Waals surface area contributed by atoms with Crippen molar-refractivity contribution in [1.29, 1.82) is 0 Å². The summed E-state index contributed by atoms with van der Waals surface area (Å²) in [4.78, 5) is 0. The lowest BCUT2D eigenvalue weighted by Crippen LogP contribution is -2.06. The third-order valence-electron chi connectivity index (χ3n) is 8.10. The minimum Gasteiger partial charge on any atom is -0.135 e. The molecule has 0 saturated carbocycles. The van der Waals surface area contributed by atoms with Gasteiger partial charge in [-0.2, -0.15) is 0 Å². The number of aryl methyl sites for hydroxylation is 1. The molecule has 2 aromatic heterocycles. The Bertz CT molecular complexity index is 2180. The van der Waals surface area contributed by atoms with Crippen molar-refractivity contribution in [1.82, 2.24) is 0 Å². The molecule has 0 fully saturated rings. The largest absolute Gasteiger partial charge is 0.135 e. The summed E-state index contributed by atoms with van der Waals surface area (Å²) in [6, 6.07) is 49.5. The van der Waals surface area contributed by atoms with Crippen molar-refractivity contribution in [2.75, 3.05) is 0 Å². The summed E-state index contributed by atoms with van der Waals surface area (Å²) < 4.78 is 5.39. The molecule has 0 N–H and O–H groups in total. The molecule has 0 aliphatic rings. The topological polar surface area (TPSA) is 0 Å². The van der Waals surface area contributed by atoms with Gasteiger partial charge in [0, 0.05) is 46.3 Å². The molecule has 0 radical (unpaired) electrons. The Morgan fingerprint density at radius 2 is 1.02 bits per heavy atom. The Morgan fingerprint density at radius 1 is 0.450 bits per heavy atom. The molecule has 40 heavy (non-hydrogen) atoms. The lowest BCUT2D eigenvalue weighted by molar-refractivity contribution is 1.01. The summed E-state index contributed by atoms with van der Waals surface area (Å²) in [5, 5.41) is 5.47. The zero-order valence-electron chi connectivity index (χ0n) is 22.1. The highest BCUT2D eigenvalue weighted by Gasteiger charge is 2.26. The molecule has 2 heterocycles. The van der Waals surface area contributed by atoms with Crippen LogP contribution in [0.4, 0.5) is 0 Å². The maximum atomic E-state index is 2.37. The van der Waals surface area contributed by atoms with Crippen LogP contribution < -0.4 is 0 Å². The van der Waals surface area contributed by atoms with Crippen molar-refractivity contribution >= 4 is 63.0 Å². The summed E-state index contributed by atoms with van der Waals surface area (Å²) in [7, 11) is 0. The minimum absolute atomic E-state index is 0.0696. The van der Waals surface area contributed by atoms with Crippen molar-refractivity contribution in [2.24, 2.45) is 0 Å². The van der Waals surface area contributed by atoms with Crippen LogP contribution in [0, 0.1) is 6.92 Å². The Hall–Kier alpha value is -4.24. The molecule has 0 bridgehead atoms. The van der Waals surface area contributed by atoms with Crippen molar-refractivity contribution in [3.8, 4) is 11.1 Å². The van der Waals surface area contributed by atoms with Crippen LogP contribution in [-0.2, 0) is 0 Å². The second kappa shape index (κ2) is 9.45. The smallest absolute Gasteiger partial charge is 0.0359 e. The van der Waals surface area contributed by atoms with Gasteiger partial charge in [0.05, 0.1) is 0 Å². The summed E-state index contributed by atoms with van der Waals surface area (Å²) in [5.74, 6) is 0.0696. The van der Waals surface area contributed by atoms with Crippen molar-refractivity contribution < 1.29 is 0 Å². The van der Waals surface area contributed by atoms with Crippen LogP contribution in [0.2, 0.25) is 0 Å². The molecule has 0 amide bonds. The minimum atomic E-state index is 0.0696. The molecule has 6 aromatic carbocycles.